The standard InChI is InChI=1S/C20H34O3/c1-14(10-13-21)6-8-16-15(2)7-9-17-19(16,3)11-5-12-20(17,4)18(22)23/h14,17,21H,5-13H2,1-4H3,(H,22,23)/t14-,17+,19+,20-/m0/s1. The molecule has 2 aliphatic carbocycles. The third-order valence-electron chi connectivity index (χ3n) is 6.94. The van der Waals surface area contributed by atoms with Crippen LogP contribution >= 0.6 is 0 Å². The molecule has 4 atom stereocenters. The van der Waals surface area contributed by atoms with Crippen molar-refractivity contribution in [2.24, 2.45) is 22.7 Å². The van der Waals surface area contributed by atoms with Gasteiger partial charge in [0.2, 0.25) is 0 Å². The summed E-state index contributed by atoms with van der Waals surface area (Å²) in [4.78, 5) is 12.0. The Morgan fingerprint density at radius 2 is 2.00 bits per heavy atom. The average molecular weight is 322 g/mol. The van der Waals surface area contributed by atoms with E-state index < -0.39 is 11.4 Å². The van der Waals surface area contributed by atoms with Crippen molar-refractivity contribution in [3.8, 4) is 0 Å². The second-order valence-electron chi connectivity index (χ2n) is 8.50. The summed E-state index contributed by atoms with van der Waals surface area (Å²) < 4.78 is 0. The highest BCUT2D eigenvalue weighted by Gasteiger charge is 2.55. The van der Waals surface area contributed by atoms with E-state index in [0.717, 1.165) is 51.4 Å². The van der Waals surface area contributed by atoms with E-state index >= 15 is 0 Å². The minimum absolute atomic E-state index is 0.0483. The summed E-state index contributed by atoms with van der Waals surface area (Å²) in [5.41, 5.74) is 2.50. The van der Waals surface area contributed by atoms with Gasteiger partial charge in [0.05, 0.1) is 5.41 Å². The predicted octanol–water partition coefficient (Wildman–Crippen LogP) is 4.79. The van der Waals surface area contributed by atoms with E-state index in [1.54, 1.807) is 0 Å². The number of carboxylic acids is 1. The van der Waals surface area contributed by atoms with Crippen LogP contribution in [-0.4, -0.2) is 22.8 Å². The van der Waals surface area contributed by atoms with Crippen LogP contribution in [0.15, 0.2) is 11.1 Å². The lowest BCUT2D eigenvalue weighted by atomic mass is 9.49. The first-order chi connectivity index (χ1) is 10.8. The molecule has 2 rings (SSSR count). The van der Waals surface area contributed by atoms with Crippen molar-refractivity contribution >= 4 is 5.97 Å². The Morgan fingerprint density at radius 3 is 2.61 bits per heavy atom. The predicted molar refractivity (Wildman–Crippen MR) is 93.2 cm³/mol. The summed E-state index contributed by atoms with van der Waals surface area (Å²) in [7, 11) is 0. The van der Waals surface area contributed by atoms with Gasteiger partial charge in [0.25, 0.3) is 0 Å². The van der Waals surface area contributed by atoms with Gasteiger partial charge < -0.3 is 10.2 Å². The highest BCUT2D eigenvalue weighted by molar-refractivity contribution is 5.75. The first-order valence-corrected chi connectivity index (χ1v) is 9.29. The van der Waals surface area contributed by atoms with E-state index in [1.165, 1.54) is 11.1 Å². The fraction of sp³-hybridized carbons (Fsp3) is 0.850. The Balaban J connectivity index is 2.26. The molecule has 1 fully saturated rings. The van der Waals surface area contributed by atoms with Crippen LogP contribution < -0.4 is 0 Å². The number of aliphatic carboxylic acids is 1. The molecule has 0 heterocycles. The van der Waals surface area contributed by atoms with Crippen molar-refractivity contribution < 1.29 is 15.0 Å². The second-order valence-corrected chi connectivity index (χ2v) is 8.50. The zero-order valence-corrected chi connectivity index (χ0v) is 15.3. The Labute approximate surface area is 141 Å². The van der Waals surface area contributed by atoms with Crippen LogP contribution in [-0.2, 0) is 4.79 Å². The zero-order chi connectivity index (χ0) is 17.3. The van der Waals surface area contributed by atoms with Crippen LogP contribution in [0.4, 0.5) is 0 Å². The smallest absolute Gasteiger partial charge is 0.309 e. The van der Waals surface area contributed by atoms with Gasteiger partial charge in [-0.1, -0.05) is 31.4 Å². The van der Waals surface area contributed by atoms with E-state index in [-0.39, 0.29) is 17.9 Å². The van der Waals surface area contributed by atoms with Gasteiger partial charge in [-0.05, 0) is 76.0 Å². The monoisotopic (exact) mass is 322 g/mol. The maximum absolute atomic E-state index is 12.0. The topological polar surface area (TPSA) is 57.5 Å². The fourth-order valence-corrected chi connectivity index (χ4v) is 5.38. The van der Waals surface area contributed by atoms with Crippen LogP contribution in [0, 0.1) is 22.7 Å². The molecule has 0 bridgehead atoms. The van der Waals surface area contributed by atoms with Gasteiger partial charge in [-0.2, -0.15) is 0 Å². The van der Waals surface area contributed by atoms with E-state index in [0.29, 0.717) is 5.92 Å². The van der Waals surface area contributed by atoms with Crippen molar-refractivity contribution in [2.45, 2.75) is 79.1 Å². The number of rotatable bonds is 6. The number of carboxylic acid groups (broad SMARTS) is 1. The number of carbonyl (C=O) groups is 1. The third-order valence-corrected chi connectivity index (χ3v) is 6.94. The Morgan fingerprint density at radius 1 is 1.30 bits per heavy atom. The molecule has 3 nitrogen and oxygen atoms in total. The maximum Gasteiger partial charge on any atom is 0.309 e. The van der Waals surface area contributed by atoms with Gasteiger partial charge in [-0.15, -0.1) is 0 Å². The molecule has 0 spiro atoms. The highest BCUT2D eigenvalue weighted by Crippen LogP contribution is 2.60. The van der Waals surface area contributed by atoms with Gasteiger partial charge in [0, 0.05) is 6.61 Å². The minimum Gasteiger partial charge on any atom is -0.481 e. The normalized spacial score (nSPS) is 35.8. The molecule has 0 aromatic carbocycles. The van der Waals surface area contributed by atoms with E-state index in [2.05, 4.69) is 20.8 Å². The molecule has 3 heteroatoms. The first-order valence-electron chi connectivity index (χ1n) is 9.29. The molecule has 0 aromatic rings. The van der Waals surface area contributed by atoms with Gasteiger partial charge in [-0.25, -0.2) is 0 Å². The van der Waals surface area contributed by atoms with Crippen molar-refractivity contribution in [1.29, 1.82) is 0 Å². The second kappa shape index (κ2) is 6.96. The van der Waals surface area contributed by atoms with Crippen molar-refractivity contribution in [3.63, 3.8) is 0 Å². The summed E-state index contributed by atoms with van der Waals surface area (Å²) in [6.45, 7) is 9.02. The van der Waals surface area contributed by atoms with Crippen LogP contribution in [0.1, 0.15) is 79.1 Å². The molecular formula is C20H34O3. The molecule has 132 valence electrons. The molecule has 0 saturated heterocycles. The minimum atomic E-state index is -0.610. The molecular weight excluding hydrogens is 288 g/mol. The number of aliphatic hydroxyl groups excluding tert-OH is 1. The molecule has 0 radical (unpaired) electrons. The lowest BCUT2D eigenvalue weighted by Gasteiger charge is -2.54. The van der Waals surface area contributed by atoms with E-state index in [1.807, 2.05) is 6.92 Å². The van der Waals surface area contributed by atoms with Crippen LogP contribution in [0.2, 0.25) is 0 Å². The largest absolute Gasteiger partial charge is 0.481 e. The van der Waals surface area contributed by atoms with Gasteiger partial charge in [-0.3, -0.25) is 4.79 Å². The molecule has 0 amide bonds. The molecule has 0 unspecified atom stereocenters. The quantitative estimate of drug-likeness (QED) is 0.691. The lowest BCUT2D eigenvalue weighted by molar-refractivity contribution is -0.159. The number of aliphatic hydroxyl groups is 1. The summed E-state index contributed by atoms with van der Waals surface area (Å²) in [5.74, 6) is 0.174. The summed E-state index contributed by atoms with van der Waals surface area (Å²) in [6.07, 6.45) is 8.04. The molecule has 1 saturated carbocycles. The molecule has 0 aliphatic heterocycles. The number of hydrogen-bond donors (Lipinski definition) is 2. The molecule has 2 aliphatic rings. The van der Waals surface area contributed by atoms with Crippen molar-refractivity contribution in [1.82, 2.24) is 0 Å². The zero-order valence-electron chi connectivity index (χ0n) is 15.3. The van der Waals surface area contributed by atoms with Gasteiger partial charge in [0.1, 0.15) is 0 Å². The van der Waals surface area contributed by atoms with Gasteiger partial charge >= 0.3 is 5.97 Å². The maximum atomic E-state index is 12.0. The van der Waals surface area contributed by atoms with E-state index in [4.69, 9.17) is 5.11 Å². The Kier molecular flexibility index (Phi) is 5.60. The van der Waals surface area contributed by atoms with Crippen molar-refractivity contribution in [3.05, 3.63) is 11.1 Å². The van der Waals surface area contributed by atoms with E-state index in [9.17, 15) is 9.90 Å². The number of hydrogen-bond acceptors (Lipinski definition) is 2. The van der Waals surface area contributed by atoms with Crippen molar-refractivity contribution in [2.75, 3.05) is 6.61 Å². The highest BCUT2D eigenvalue weighted by atomic mass is 16.4. The Bertz CT molecular complexity index is 481. The number of fused-ring (bicyclic) bond motifs is 1. The first kappa shape index (κ1) is 18.5. The molecule has 0 aromatic heterocycles. The van der Waals surface area contributed by atoms with Gasteiger partial charge in [0.15, 0.2) is 0 Å². The third kappa shape index (κ3) is 3.35. The molecule has 2 N–H and O–H groups in total. The van der Waals surface area contributed by atoms with Crippen LogP contribution in [0.5, 0.6) is 0 Å². The fourth-order valence-electron chi connectivity index (χ4n) is 5.38. The SMILES string of the molecule is CC1=C(CC[C@H](C)CCO)[C@@]2(C)CCC[C@](C)(C(=O)O)[C@@H]2CC1. The molecule has 23 heavy (non-hydrogen) atoms. The summed E-state index contributed by atoms with van der Waals surface area (Å²) in [5, 5.41) is 19.0. The lowest BCUT2D eigenvalue weighted by Crippen LogP contribution is -2.50. The summed E-state index contributed by atoms with van der Waals surface area (Å²) >= 11 is 0. The average Bonchev–Trinajstić information content (AvgIpc) is 2.46. The summed E-state index contributed by atoms with van der Waals surface area (Å²) in [6, 6.07) is 0. The van der Waals surface area contributed by atoms with Crippen LogP contribution in [0.3, 0.4) is 0 Å². The Hall–Kier alpha value is -0.830. The number of allylic oxidation sites excluding steroid dienone is 2. The van der Waals surface area contributed by atoms with Crippen LogP contribution in [0.25, 0.3) is 0 Å².